The number of rotatable bonds is 5. The Kier molecular flexibility index (Phi) is 5.88. The summed E-state index contributed by atoms with van der Waals surface area (Å²) in [6.07, 6.45) is 0.589. The molecular formula is C15H17Br2ClN2O. The molecule has 0 aliphatic carbocycles. The number of aromatic nitrogens is 2. The average molecular weight is 437 g/mol. The summed E-state index contributed by atoms with van der Waals surface area (Å²) in [5.41, 5.74) is 2.60. The Balaban J connectivity index is 2.33. The molecule has 1 N–H and O–H groups in total. The molecule has 2 aromatic rings. The lowest BCUT2D eigenvalue weighted by Crippen LogP contribution is -2.09. The fourth-order valence-corrected chi connectivity index (χ4v) is 3.51. The van der Waals surface area contributed by atoms with E-state index < -0.39 is 6.10 Å². The van der Waals surface area contributed by atoms with Crippen LogP contribution in [0.25, 0.3) is 0 Å². The van der Waals surface area contributed by atoms with Crippen molar-refractivity contribution >= 4 is 43.5 Å². The lowest BCUT2D eigenvalue weighted by molar-refractivity contribution is 0.174. The number of aliphatic hydroxyl groups is 1. The topological polar surface area (TPSA) is 38.0 Å². The third kappa shape index (κ3) is 3.70. The van der Waals surface area contributed by atoms with Crippen LogP contribution in [0.1, 0.15) is 36.9 Å². The van der Waals surface area contributed by atoms with Crippen LogP contribution < -0.4 is 0 Å². The molecule has 1 atom stereocenters. The van der Waals surface area contributed by atoms with Crippen molar-refractivity contribution in [3.05, 3.63) is 49.1 Å². The van der Waals surface area contributed by atoms with Gasteiger partial charge in [0.05, 0.1) is 22.5 Å². The van der Waals surface area contributed by atoms with Gasteiger partial charge in [0.1, 0.15) is 0 Å². The van der Waals surface area contributed by atoms with Gasteiger partial charge in [0.25, 0.3) is 0 Å². The first kappa shape index (κ1) is 17.0. The maximum Gasteiger partial charge on any atom is 0.0857 e. The Morgan fingerprint density at radius 2 is 2.05 bits per heavy atom. The quantitative estimate of drug-likeness (QED) is 0.723. The van der Waals surface area contributed by atoms with Gasteiger partial charge in [-0.05, 0) is 37.1 Å². The van der Waals surface area contributed by atoms with Gasteiger partial charge in [0.15, 0.2) is 0 Å². The number of hydrogen-bond acceptors (Lipinski definition) is 2. The van der Waals surface area contributed by atoms with Crippen LogP contribution in [0, 0.1) is 0 Å². The van der Waals surface area contributed by atoms with E-state index in [4.69, 9.17) is 11.6 Å². The Morgan fingerprint density at radius 3 is 2.67 bits per heavy atom. The Morgan fingerprint density at radius 1 is 1.33 bits per heavy atom. The number of aliphatic hydroxyl groups excluding tert-OH is 1. The van der Waals surface area contributed by atoms with Crippen LogP contribution in [-0.2, 0) is 19.4 Å². The minimum atomic E-state index is -0.638. The van der Waals surface area contributed by atoms with Gasteiger partial charge in [-0.15, -0.1) is 0 Å². The van der Waals surface area contributed by atoms with E-state index in [0.717, 1.165) is 38.9 Å². The van der Waals surface area contributed by atoms with Crippen molar-refractivity contribution in [1.29, 1.82) is 0 Å². The maximum atomic E-state index is 10.6. The molecule has 0 fully saturated rings. The minimum Gasteiger partial charge on any atom is -0.388 e. The minimum absolute atomic E-state index is 0.439. The molecular weight excluding hydrogens is 419 g/mol. The summed E-state index contributed by atoms with van der Waals surface area (Å²) in [4.78, 5) is 0. The van der Waals surface area contributed by atoms with Gasteiger partial charge in [-0.3, -0.25) is 4.68 Å². The van der Waals surface area contributed by atoms with Gasteiger partial charge in [0.2, 0.25) is 0 Å². The van der Waals surface area contributed by atoms with Crippen molar-refractivity contribution in [3.8, 4) is 0 Å². The highest BCUT2D eigenvalue weighted by Gasteiger charge is 2.20. The van der Waals surface area contributed by atoms with Crippen molar-refractivity contribution in [2.75, 3.05) is 0 Å². The van der Waals surface area contributed by atoms with Gasteiger partial charge in [-0.25, -0.2) is 0 Å². The third-order valence-electron chi connectivity index (χ3n) is 3.40. The molecule has 1 aromatic carbocycles. The predicted molar refractivity (Wildman–Crippen MR) is 92.8 cm³/mol. The van der Waals surface area contributed by atoms with Gasteiger partial charge < -0.3 is 5.11 Å². The second kappa shape index (κ2) is 7.27. The molecule has 114 valence electrons. The van der Waals surface area contributed by atoms with Gasteiger partial charge in [0, 0.05) is 21.9 Å². The smallest absolute Gasteiger partial charge is 0.0857 e. The molecule has 2 rings (SSSR count). The standard InChI is InChI=1S/C15H17Br2ClN2O/c1-3-12-15(18)13(20(4-2)19-12)8-14(21)10-7-9(16)5-6-11(10)17/h5-7,14,21H,3-4,8H2,1-2H3. The summed E-state index contributed by atoms with van der Waals surface area (Å²) in [6.45, 7) is 4.79. The van der Waals surface area contributed by atoms with Crippen molar-refractivity contribution < 1.29 is 5.11 Å². The van der Waals surface area contributed by atoms with Crippen LogP contribution >= 0.6 is 43.5 Å². The first-order valence-corrected chi connectivity index (χ1v) is 8.81. The summed E-state index contributed by atoms with van der Waals surface area (Å²) < 4.78 is 3.69. The molecule has 0 aliphatic heterocycles. The summed E-state index contributed by atoms with van der Waals surface area (Å²) in [5.74, 6) is 0. The second-order valence-electron chi connectivity index (χ2n) is 4.76. The van der Waals surface area contributed by atoms with E-state index in [1.54, 1.807) is 0 Å². The van der Waals surface area contributed by atoms with Gasteiger partial charge in [-0.2, -0.15) is 5.10 Å². The van der Waals surface area contributed by atoms with E-state index in [1.807, 2.05) is 36.7 Å². The Hall–Kier alpha value is -0.360. The lowest BCUT2D eigenvalue weighted by atomic mass is 10.0. The van der Waals surface area contributed by atoms with Crippen molar-refractivity contribution in [3.63, 3.8) is 0 Å². The van der Waals surface area contributed by atoms with Crippen LogP contribution in [0.3, 0.4) is 0 Å². The SMILES string of the molecule is CCc1nn(CC)c(CC(O)c2cc(Br)ccc2Br)c1Cl. The van der Waals surface area contributed by atoms with Crippen LogP contribution in [0.5, 0.6) is 0 Å². The molecule has 21 heavy (non-hydrogen) atoms. The molecule has 1 heterocycles. The van der Waals surface area contributed by atoms with E-state index >= 15 is 0 Å². The maximum absolute atomic E-state index is 10.6. The monoisotopic (exact) mass is 434 g/mol. The van der Waals surface area contributed by atoms with E-state index in [9.17, 15) is 5.11 Å². The fraction of sp³-hybridized carbons (Fsp3) is 0.400. The normalized spacial score (nSPS) is 12.7. The predicted octanol–water partition coefficient (Wildman–Crippen LogP) is 4.92. The van der Waals surface area contributed by atoms with Crippen molar-refractivity contribution in [2.24, 2.45) is 0 Å². The zero-order valence-electron chi connectivity index (χ0n) is 11.9. The molecule has 3 nitrogen and oxygen atoms in total. The van der Waals surface area contributed by atoms with E-state index in [2.05, 4.69) is 37.0 Å². The molecule has 0 saturated carbocycles. The second-order valence-corrected chi connectivity index (χ2v) is 6.91. The molecule has 0 aliphatic rings. The highest BCUT2D eigenvalue weighted by Crippen LogP contribution is 2.31. The zero-order valence-corrected chi connectivity index (χ0v) is 15.8. The Labute approximate surface area is 146 Å². The van der Waals surface area contributed by atoms with E-state index in [0.29, 0.717) is 11.4 Å². The van der Waals surface area contributed by atoms with E-state index in [1.165, 1.54) is 0 Å². The Bertz CT molecular complexity index is 643. The molecule has 0 spiro atoms. The highest BCUT2D eigenvalue weighted by atomic mass is 79.9. The molecule has 1 aromatic heterocycles. The van der Waals surface area contributed by atoms with Crippen LogP contribution in [-0.4, -0.2) is 14.9 Å². The summed E-state index contributed by atoms with van der Waals surface area (Å²) in [6, 6.07) is 5.76. The summed E-state index contributed by atoms with van der Waals surface area (Å²) >= 11 is 13.3. The molecule has 6 heteroatoms. The highest BCUT2D eigenvalue weighted by molar-refractivity contribution is 9.11. The van der Waals surface area contributed by atoms with Crippen molar-refractivity contribution in [1.82, 2.24) is 9.78 Å². The summed E-state index contributed by atoms with van der Waals surface area (Å²) in [5, 5.41) is 15.7. The van der Waals surface area contributed by atoms with Gasteiger partial charge in [-0.1, -0.05) is 50.4 Å². The average Bonchev–Trinajstić information content (AvgIpc) is 2.77. The number of aryl methyl sites for hydroxylation is 2. The van der Waals surface area contributed by atoms with Crippen LogP contribution in [0.4, 0.5) is 0 Å². The molecule has 0 radical (unpaired) electrons. The number of benzene rings is 1. The van der Waals surface area contributed by atoms with Crippen molar-refractivity contribution in [2.45, 2.75) is 39.3 Å². The summed E-state index contributed by atoms with van der Waals surface area (Å²) in [7, 11) is 0. The van der Waals surface area contributed by atoms with Crippen LogP contribution in [0.15, 0.2) is 27.1 Å². The van der Waals surface area contributed by atoms with E-state index in [-0.39, 0.29) is 0 Å². The number of hydrogen-bond donors (Lipinski definition) is 1. The fourth-order valence-electron chi connectivity index (χ4n) is 2.28. The third-order valence-corrected chi connectivity index (χ3v) is 5.05. The van der Waals surface area contributed by atoms with Crippen LogP contribution in [0.2, 0.25) is 5.02 Å². The molecule has 0 saturated heterocycles. The number of nitrogens with zero attached hydrogens (tertiary/aromatic N) is 2. The lowest BCUT2D eigenvalue weighted by Gasteiger charge is -2.14. The first-order chi connectivity index (χ1) is 9.97. The largest absolute Gasteiger partial charge is 0.388 e. The van der Waals surface area contributed by atoms with Gasteiger partial charge >= 0.3 is 0 Å². The zero-order chi connectivity index (χ0) is 15.6. The first-order valence-electron chi connectivity index (χ1n) is 6.84. The molecule has 0 amide bonds. The molecule has 1 unspecified atom stereocenters. The molecule has 0 bridgehead atoms. The number of halogens is 3.